The Morgan fingerprint density at radius 1 is 0.971 bits per heavy atom. The van der Waals surface area contributed by atoms with E-state index in [1.165, 1.54) is 24.1 Å². The van der Waals surface area contributed by atoms with Gasteiger partial charge >= 0.3 is 5.97 Å². The van der Waals surface area contributed by atoms with Crippen molar-refractivity contribution in [2.45, 2.75) is 13.0 Å². The molecule has 3 aromatic carbocycles. The molecule has 7 nitrogen and oxygen atoms in total. The highest BCUT2D eigenvalue weighted by atomic mass is 35.5. The Balaban J connectivity index is 1.81. The van der Waals surface area contributed by atoms with E-state index < -0.39 is 29.5 Å². The molecule has 1 aliphatic rings. The van der Waals surface area contributed by atoms with Crippen LogP contribution in [0.3, 0.4) is 0 Å². The standard InChI is InChI=1S/C27H22ClNO6/c1-3-35-27(33)17-8-12-18(13-9-17)29-23(20-6-4-5-7-21(20)28)22(25(31)26(29)32)24(30)16-10-14-19(34-2)15-11-16/h4-15,23,31H,3H2,1-2H3/t23-/m1/s1. The highest BCUT2D eigenvalue weighted by Gasteiger charge is 2.45. The number of esters is 1. The van der Waals surface area contributed by atoms with Crippen molar-refractivity contribution in [3.05, 3.63) is 106 Å². The molecule has 0 fully saturated rings. The number of aliphatic hydroxyl groups is 1. The highest BCUT2D eigenvalue weighted by Crippen LogP contribution is 2.44. The number of carbonyl (C=O) groups excluding carboxylic acids is 3. The Morgan fingerprint density at radius 3 is 2.20 bits per heavy atom. The maximum atomic E-state index is 13.5. The molecule has 1 amide bonds. The van der Waals surface area contributed by atoms with Crippen molar-refractivity contribution in [1.82, 2.24) is 0 Å². The number of benzene rings is 3. The summed E-state index contributed by atoms with van der Waals surface area (Å²) >= 11 is 6.48. The van der Waals surface area contributed by atoms with Gasteiger partial charge in [0.25, 0.3) is 5.91 Å². The van der Waals surface area contributed by atoms with Gasteiger partial charge in [-0.3, -0.25) is 14.5 Å². The van der Waals surface area contributed by atoms with Crippen molar-refractivity contribution >= 4 is 34.9 Å². The van der Waals surface area contributed by atoms with E-state index in [1.54, 1.807) is 67.6 Å². The third kappa shape index (κ3) is 4.50. The van der Waals surface area contributed by atoms with Crippen molar-refractivity contribution in [3.63, 3.8) is 0 Å². The van der Waals surface area contributed by atoms with Crippen LogP contribution >= 0.6 is 11.6 Å². The van der Waals surface area contributed by atoms with Crippen LogP contribution in [0.25, 0.3) is 0 Å². The summed E-state index contributed by atoms with van der Waals surface area (Å²) in [6, 6.07) is 18.3. The Kier molecular flexibility index (Phi) is 6.89. The smallest absolute Gasteiger partial charge is 0.338 e. The van der Waals surface area contributed by atoms with Crippen LogP contribution < -0.4 is 9.64 Å². The molecule has 3 aromatic rings. The SMILES string of the molecule is CCOC(=O)c1ccc(N2C(=O)C(O)=C(C(=O)c3ccc(OC)cc3)[C@H]2c2ccccc2Cl)cc1. The Bertz CT molecular complexity index is 1310. The van der Waals surface area contributed by atoms with E-state index >= 15 is 0 Å². The number of halogens is 1. The number of hydrogen-bond donors (Lipinski definition) is 1. The fraction of sp³-hybridized carbons (Fsp3) is 0.148. The van der Waals surface area contributed by atoms with Gasteiger partial charge in [-0.25, -0.2) is 4.79 Å². The summed E-state index contributed by atoms with van der Waals surface area (Å²) in [4.78, 5) is 40.2. The lowest BCUT2D eigenvalue weighted by atomic mass is 9.92. The third-order valence-corrected chi connectivity index (χ3v) is 6.01. The monoisotopic (exact) mass is 491 g/mol. The highest BCUT2D eigenvalue weighted by molar-refractivity contribution is 6.32. The van der Waals surface area contributed by atoms with Gasteiger partial charge in [0.1, 0.15) is 5.75 Å². The number of anilines is 1. The first-order valence-electron chi connectivity index (χ1n) is 10.8. The number of carbonyl (C=O) groups is 3. The van der Waals surface area contributed by atoms with Crippen LogP contribution in [0.2, 0.25) is 5.02 Å². The molecule has 0 spiro atoms. The molecule has 1 heterocycles. The largest absolute Gasteiger partial charge is 0.503 e. The molecule has 8 heteroatoms. The maximum Gasteiger partial charge on any atom is 0.338 e. The van der Waals surface area contributed by atoms with Crippen molar-refractivity contribution in [1.29, 1.82) is 0 Å². The average molecular weight is 492 g/mol. The van der Waals surface area contributed by atoms with Crippen molar-refractivity contribution in [3.8, 4) is 5.75 Å². The van der Waals surface area contributed by atoms with E-state index in [0.717, 1.165) is 0 Å². The lowest BCUT2D eigenvalue weighted by molar-refractivity contribution is -0.117. The molecule has 178 valence electrons. The predicted octanol–water partition coefficient (Wildman–Crippen LogP) is 5.31. The molecule has 0 aromatic heterocycles. The number of aliphatic hydroxyl groups excluding tert-OH is 1. The summed E-state index contributed by atoms with van der Waals surface area (Å²) < 4.78 is 10.2. The molecule has 35 heavy (non-hydrogen) atoms. The fourth-order valence-electron chi connectivity index (χ4n) is 3.97. The lowest BCUT2D eigenvalue weighted by Crippen LogP contribution is -2.31. The van der Waals surface area contributed by atoms with Crippen LogP contribution in [0, 0.1) is 0 Å². The van der Waals surface area contributed by atoms with Gasteiger partial charge in [-0.05, 0) is 67.1 Å². The third-order valence-electron chi connectivity index (χ3n) is 5.66. The Morgan fingerprint density at radius 2 is 1.60 bits per heavy atom. The lowest BCUT2D eigenvalue weighted by Gasteiger charge is -2.27. The van der Waals surface area contributed by atoms with E-state index in [2.05, 4.69) is 0 Å². The number of hydrogen-bond acceptors (Lipinski definition) is 6. The maximum absolute atomic E-state index is 13.5. The van der Waals surface area contributed by atoms with Gasteiger partial charge in [0.05, 0.1) is 30.9 Å². The van der Waals surface area contributed by atoms with Crippen molar-refractivity contribution in [2.24, 2.45) is 0 Å². The van der Waals surface area contributed by atoms with E-state index in [0.29, 0.717) is 27.6 Å². The zero-order valence-electron chi connectivity index (χ0n) is 19.0. The molecule has 0 unspecified atom stereocenters. The minimum atomic E-state index is -0.987. The Labute approximate surface area is 207 Å². The molecule has 1 N–H and O–H groups in total. The molecule has 0 radical (unpaired) electrons. The van der Waals surface area contributed by atoms with Gasteiger partial charge in [0.2, 0.25) is 0 Å². The van der Waals surface area contributed by atoms with E-state index in [9.17, 15) is 19.5 Å². The molecular weight excluding hydrogens is 470 g/mol. The predicted molar refractivity (Wildman–Crippen MR) is 131 cm³/mol. The molecule has 0 bridgehead atoms. The number of nitrogens with zero attached hydrogens (tertiary/aromatic N) is 1. The molecule has 1 aliphatic heterocycles. The first-order valence-corrected chi connectivity index (χ1v) is 11.2. The number of methoxy groups -OCH3 is 1. The number of amides is 1. The summed E-state index contributed by atoms with van der Waals surface area (Å²) in [6.07, 6.45) is 0. The molecule has 0 saturated carbocycles. The zero-order valence-corrected chi connectivity index (χ0v) is 19.8. The molecule has 0 aliphatic carbocycles. The van der Waals surface area contributed by atoms with Crippen LogP contribution in [0.15, 0.2) is 84.1 Å². The zero-order chi connectivity index (χ0) is 25.1. The van der Waals surface area contributed by atoms with Gasteiger partial charge in [0.15, 0.2) is 11.5 Å². The molecule has 0 saturated heterocycles. The summed E-state index contributed by atoms with van der Waals surface area (Å²) in [5.41, 5.74) is 1.33. The second-order valence-corrected chi connectivity index (χ2v) is 8.09. The van der Waals surface area contributed by atoms with E-state index in [1.807, 2.05) is 0 Å². The van der Waals surface area contributed by atoms with Gasteiger partial charge in [-0.15, -0.1) is 0 Å². The number of rotatable bonds is 7. The molecule has 1 atom stereocenters. The van der Waals surface area contributed by atoms with Crippen LogP contribution in [-0.2, 0) is 9.53 Å². The van der Waals surface area contributed by atoms with Crippen LogP contribution in [0.4, 0.5) is 5.69 Å². The van der Waals surface area contributed by atoms with Crippen LogP contribution in [-0.4, -0.2) is 36.5 Å². The number of ketones is 1. The van der Waals surface area contributed by atoms with Crippen LogP contribution in [0.5, 0.6) is 5.75 Å². The second-order valence-electron chi connectivity index (χ2n) is 7.69. The minimum Gasteiger partial charge on any atom is -0.503 e. The van der Waals surface area contributed by atoms with E-state index in [-0.39, 0.29) is 17.7 Å². The van der Waals surface area contributed by atoms with E-state index in [4.69, 9.17) is 21.1 Å². The van der Waals surface area contributed by atoms with Crippen molar-refractivity contribution < 1.29 is 29.0 Å². The van der Waals surface area contributed by atoms with Gasteiger partial charge in [-0.1, -0.05) is 29.8 Å². The molecular formula is C27H22ClNO6. The van der Waals surface area contributed by atoms with Gasteiger partial charge in [-0.2, -0.15) is 0 Å². The first kappa shape index (κ1) is 24.0. The number of ether oxygens (including phenoxy) is 2. The quantitative estimate of drug-likeness (QED) is 0.355. The summed E-state index contributed by atoms with van der Waals surface area (Å²) in [6.45, 7) is 1.94. The van der Waals surface area contributed by atoms with Gasteiger partial charge in [0, 0.05) is 16.3 Å². The Hall–Kier alpha value is -4.10. The minimum absolute atomic E-state index is 0.0947. The summed E-state index contributed by atoms with van der Waals surface area (Å²) in [5.74, 6) is -1.87. The van der Waals surface area contributed by atoms with Crippen molar-refractivity contribution in [2.75, 3.05) is 18.6 Å². The fourth-order valence-corrected chi connectivity index (χ4v) is 4.20. The normalized spacial score (nSPS) is 15.3. The average Bonchev–Trinajstić information content (AvgIpc) is 3.14. The first-order chi connectivity index (χ1) is 16.9. The molecule has 4 rings (SSSR count). The summed E-state index contributed by atoms with van der Waals surface area (Å²) in [5, 5.41) is 11.2. The number of Topliss-reactive ketones (excluding diaryl/α,β-unsaturated/α-hetero) is 1. The summed E-state index contributed by atoms with van der Waals surface area (Å²) in [7, 11) is 1.51. The van der Waals surface area contributed by atoms with Crippen LogP contribution in [0.1, 0.15) is 39.2 Å². The topological polar surface area (TPSA) is 93.1 Å². The second kappa shape index (κ2) is 10.0. The van der Waals surface area contributed by atoms with Gasteiger partial charge < -0.3 is 14.6 Å².